The highest BCUT2D eigenvalue weighted by Gasteiger charge is 2.16. The lowest BCUT2D eigenvalue weighted by Crippen LogP contribution is -2.33. The topological polar surface area (TPSA) is 84.5 Å². The molecule has 0 radical (unpaired) electrons. The largest absolute Gasteiger partial charge is 0.493 e. The van der Waals surface area contributed by atoms with Gasteiger partial charge < -0.3 is 19.4 Å². The van der Waals surface area contributed by atoms with E-state index in [4.69, 9.17) is 9.47 Å². The summed E-state index contributed by atoms with van der Waals surface area (Å²) in [5.41, 5.74) is 1.12. The lowest BCUT2D eigenvalue weighted by atomic mass is 10.1. The Morgan fingerprint density at radius 3 is 2.41 bits per heavy atom. The molecular weight excluding hydrogens is 438 g/mol. The van der Waals surface area contributed by atoms with Gasteiger partial charge >= 0.3 is 0 Å². The van der Waals surface area contributed by atoms with Crippen molar-refractivity contribution in [2.24, 2.45) is 0 Å². The maximum Gasteiger partial charge on any atom is 0.258 e. The fraction of sp³-hybridized carbons (Fsp3) is 0.286. The molecule has 1 amide bonds. The normalized spacial score (nSPS) is 10.8. The van der Waals surface area contributed by atoms with Crippen molar-refractivity contribution in [3.63, 3.8) is 0 Å². The van der Waals surface area contributed by atoms with Gasteiger partial charge in [-0.1, -0.05) is 28.1 Å². The van der Waals surface area contributed by atoms with Crippen LogP contribution in [0.15, 0.2) is 45.7 Å². The van der Waals surface area contributed by atoms with E-state index in [1.165, 1.54) is 14.2 Å². The Hall–Kier alpha value is -2.87. The standard InChI is InChI=1S/C21H22BrN3O4/c1-4-25(20(26)9-13-5-7-14(22)8-6-13)12-19-23-16-11-18(29-3)17(28-2)10-15(16)21(27)24-19/h5-8,10-11H,4,9,12H2,1-3H3,(H,23,24,27). The van der Waals surface area contributed by atoms with Gasteiger partial charge in [-0.15, -0.1) is 0 Å². The van der Waals surface area contributed by atoms with Crippen LogP contribution in [0.5, 0.6) is 11.5 Å². The second-order valence-electron chi connectivity index (χ2n) is 6.45. The van der Waals surface area contributed by atoms with Crippen molar-refractivity contribution in [1.29, 1.82) is 0 Å². The number of hydrogen-bond donors (Lipinski definition) is 1. The van der Waals surface area contributed by atoms with Crippen molar-refractivity contribution in [2.75, 3.05) is 20.8 Å². The molecule has 0 saturated heterocycles. The number of hydrogen-bond acceptors (Lipinski definition) is 5. The summed E-state index contributed by atoms with van der Waals surface area (Å²) in [6, 6.07) is 10.9. The Balaban J connectivity index is 1.85. The third kappa shape index (κ3) is 4.76. The Morgan fingerprint density at radius 2 is 1.79 bits per heavy atom. The fourth-order valence-corrected chi connectivity index (χ4v) is 3.30. The van der Waals surface area contributed by atoms with E-state index in [2.05, 4.69) is 25.9 Å². The van der Waals surface area contributed by atoms with E-state index in [1.54, 1.807) is 17.0 Å². The number of ether oxygens (including phenoxy) is 2. The molecule has 0 fully saturated rings. The number of H-pyrrole nitrogens is 1. The average Bonchev–Trinajstić information content (AvgIpc) is 2.72. The third-order valence-electron chi connectivity index (χ3n) is 4.60. The predicted octanol–water partition coefficient (Wildman–Crippen LogP) is 3.29. The number of halogens is 1. The molecule has 2 aromatic carbocycles. The number of amides is 1. The number of likely N-dealkylation sites (N-methyl/N-ethyl adjacent to an activating group) is 1. The first-order chi connectivity index (χ1) is 13.9. The number of rotatable bonds is 7. The smallest absolute Gasteiger partial charge is 0.258 e. The van der Waals surface area contributed by atoms with Crippen molar-refractivity contribution < 1.29 is 14.3 Å². The number of carbonyl (C=O) groups is 1. The Bertz CT molecular complexity index is 1080. The lowest BCUT2D eigenvalue weighted by Gasteiger charge is -2.20. The van der Waals surface area contributed by atoms with Crippen molar-refractivity contribution >= 4 is 32.7 Å². The number of nitrogens with zero attached hydrogens (tertiary/aromatic N) is 2. The second kappa shape index (κ2) is 9.09. The van der Waals surface area contributed by atoms with E-state index in [9.17, 15) is 9.59 Å². The zero-order valence-electron chi connectivity index (χ0n) is 16.5. The number of aromatic nitrogens is 2. The van der Waals surface area contributed by atoms with Crippen LogP contribution in [-0.4, -0.2) is 41.5 Å². The number of fused-ring (bicyclic) bond motifs is 1. The Kier molecular flexibility index (Phi) is 6.53. The van der Waals surface area contributed by atoms with Crippen LogP contribution in [0, 0.1) is 0 Å². The van der Waals surface area contributed by atoms with Crippen molar-refractivity contribution in [3.05, 3.63) is 62.6 Å². The quantitative estimate of drug-likeness (QED) is 0.585. The second-order valence-corrected chi connectivity index (χ2v) is 7.36. The van der Waals surface area contributed by atoms with Crippen LogP contribution < -0.4 is 15.0 Å². The maximum absolute atomic E-state index is 12.7. The molecule has 3 aromatic rings. The number of carbonyl (C=O) groups excluding carboxylic acids is 1. The molecule has 0 saturated carbocycles. The van der Waals surface area contributed by atoms with Gasteiger partial charge in [0.1, 0.15) is 5.82 Å². The molecule has 0 atom stereocenters. The zero-order chi connectivity index (χ0) is 21.0. The minimum absolute atomic E-state index is 0.0371. The molecule has 1 N–H and O–H groups in total. The monoisotopic (exact) mass is 459 g/mol. The van der Waals surface area contributed by atoms with Gasteiger partial charge in [0.05, 0.1) is 38.1 Å². The predicted molar refractivity (Wildman–Crippen MR) is 114 cm³/mol. The van der Waals surface area contributed by atoms with Crippen LogP contribution in [0.25, 0.3) is 10.9 Å². The molecular formula is C21H22BrN3O4. The summed E-state index contributed by atoms with van der Waals surface area (Å²) in [5.74, 6) is 1.33. The minimum Gasteiger partial charge on any atom is -0.493 e. The van der Waals surface area contributed by atoms with Gasteiger partial charge in [-0.2, -0.15) is 0 Å². The van der Waals surface area contributed by atoms with Crippen LogP contribution in [-0.2, 0) is 17.8 Å². The van der Waals surface area contributed by atoms with E-state index < -0.39 is 0 Å². The van der Waals surface area contributed by atoms with E-state index in [0.717, 1.165) is 10.0 Å². The van der Waals surface area contributed by atoms with E-state index >= 15 is 0 Å². The van der Waals surface area contributed by atoms with E-state index in [0.29, 0.717) is 34.8 Å². The molecule has 1 aromatic heterocycles. The van der Waals surface area contributed by atoms with Crippen molar-refractivity contribution in [2.45, 2.75) is 19.9 Å². The van der Waals surface area contributed by atoms with Crippen LogP contribution in [0.4, 0.5) is 0 Å². The van der Waals surface area contributed by atoms with Gasteiger partial charge in [0.15, 0.2) is 11.5 Å². The summed E-state index contributed by atoms with van der Waals surface area (Å²) in [6.07, 6.45) is 0.282. The van der Waals surface area contributed by atoms with Crippen LogP contribution in [0.1, 0.15) is 18.3 Å². The molecule has 29 heavy (non-hydrogen) atoms. The molecule has 8 heteroatoms. The highest BCUT2D eigenvalue weighted by atomic mass is 79.9. The van der Waals surface area contributed by atoms with Gasteiger partial charge in [0, 0.05) is 17.1 Å². The number of nitrogens with one attached hydrogen (secondary N) is 1. The summed E-state index contributed by atoms with van der Waals surface area (Å²) in [6.45, 7) is 2.61. The van der Waals surface area contributed by atoms with Crippen molar-refractivity contribution in [1.82, 2.24) is 14.9 Å². The summed E-state index contributed by atoms with van der Waals surface area (Å²) in [7, 11) is 3.03. The lowest BCUT2D eigenvalue weighted by molar-refractivity contribution is -0.131. The molecule has 1 heterocycles. The van der Waals surface area contributed by atoms with E-state index in [-0.39, 0.29) is 24.4 Å². The fourth-order valence-electron chi connectivity index (χ4n) is 3.04. The van der Waals surface area contributed by atoms with Gasteiger partial charge in [-0.3, -0.25) is 9.59 Å². The maximum atomic E-state index is 12.7. The average molecular weight is 460 g/mol. The zero-order valence-corrected chi connectivity index (χ0v) is 18.1. The van der Waals surface area contributed by atoms with Gasteiger partial charge in [0.25, 0.3) is 5.56 Å². The first-order valence-electron chi connectivity index (χ1n) is 9.12. The number of benzene rings is 2. The van der Waals surface area contributed by atoms with Gasteiger partial charge in [-0.25, -0.2) is 4.98 Å². The molecule has 3 rings (SSSR count). The minimum atomic E-state index is -0.289. The van der Waals surface area contributed by atoms with Crippen LogP contribution in [0.2, 0.25) is 0 Å². The van der Waals surface area contributed by atoms with Gasteiger partial charge in [-0.05, 0) is 30.7 Å². The third-order valence-corrected chi connectivity index (χ3v) is 5.13. The van der Waals surface area contributed by atoms with E-state index in [1.807, 2.05) is 31.2 Å². The highest BCUT2D eigenvalue weighted by molar-refractivity contribution is 9.10. The SMILES string of the molecule is CCN(Cc1nc2cc(OC)c(OC)cc2c(=O)[nH]1)C(=O)Cc1ccc(Br)cc1. The molecule has 0 unspecified atom stereocenters. The molecule has 0 spiro atoms. The summed E-state index contributed by atoms with van der Waals surface area (Å²) in [4.78, 5) is 34.2. The highest BCUT2D eigenvalue weighted by Crippen LogP contribution is 2.30. The summed E-state index contributed by atoms with van der Waals surface area (Å²) < 4.78 is 11.5. The van der Waals surface area contributed by atoms with Crippen LogP contribution in [0.3, 0.4) is 0 Å². The number of aromatic amines is 1. The Labute approximate surface area is 176 Å². The molecule has 7 nitrogen and oxygen atoms in total. The first-order valence-corrected chi connectivity index (χ1v) is 9.91. The molecule has 0 bridgehead atoms. The Morgan fingerprint density at radius 1 is 1.14 bits per heavy atom. The summed E-state index contributed by atoms with van der Waals surface area (Å²) in [5, 5.41) is 0.399. The molecule has 0 aliphatic rings. The molecule has 0 aliphatic carbocycles. The molecule has 152 valence electrons. The van der Waals surface area contributed by atoms with Crippen LogP contribution >= 0.6 is 15.9 Å². The molecule has 0 aliphatic heterocycles. The first kappa shape index (κ1) is 20.9. The van der Waals surface area contributed by atoms with Crippen molar-refractivity contribution in [3.8, 4) is 11.5 Å². The summed E-state index contributed by atoms with van der Waals surface area (Å²) >= 11 is 3.39. The van der Waals surface area contributed by atoms with Gasteiger partial charge in [0.2, 0.25) is 5.91 Å². The number of methoxy groups -OCH3 is 2.